The average Bonchev–Trinajstić information content (AvgIpc) is 2.34. The van der Waals surface area contributed by atoms with Crippen LogP contribution in [0.3, 0.4) is 0 Å². The molecule has 7 nitrogen and oxygen atoms in total. The van der Waals surface area contributed by atoms with E-state index in [0.717, 1.165) is 5.56 Å². The fourth-order valence-corrected chi connectivity index (χ4v) is 1.26. The molecular formula is C11H14N2O5. The van der Waals surface area contributed by atoms with E-state index in [4.69, 9.17) is 20.9 Å². The topological polar surface area (TPSA) is 113 Å². The summed E-state index contributed by atoms with van der Waals surface area (Å²) in [4.78, 5) is 26.3. The number of carbonyl (C=O) groups is 2. The molecule has 1 aromatic rings. The maximum Gasteiger partial charge on any atom is 0.325 e. The Morgan fingerprint density at radius 2 is 1.89 bits per heavy atom. The van der Waals surface area contributed by atoms with E-state index in [1.54, 1.807) is 24.3 Å². The van der Waals surface area contributed by atoms with Crippen LogP contribution in [-0.4, -0.2) is 33.4 Å². The van der Waals surface area contributed by atoms with E-state index in [9.17, 15) is 9.59 Å². The van der Waals surface area contributed by atoms with Gasteiger partial charge in [0, 0.05) is 0 Å². The summed E-state index contributed by atoms with van der Waals surface area (Å²) in [5.41, 5.74) is 0.799. The van der Waals surface area contributed by atoms with Gasteiger partial charge in [-0.2, -0.15) is 0 Å². The van der Waals surface area contributed by atoms with Crippen molar-refractivity contribution in [3.63, 3.8) is 0 Å². The molecule has 0 bridgehead atoms. The van der Waals surface area contributed by atoms with Crippen LogP contribution in [0.15, 0.2) is 30.3 Å². The van der Waals surface area contributed by atoms with Gasteiger partial charge in [0.05, 0.1) is 13.0 Å². The lowest BCUT2D eigenvalue weighted by Gasteiger charge is -2.21. The second-order valence-electron chi connectivity index (χ2n) is 3.57. The van der Waals surface area contributed by atoms with Crippen molar-refractivity contribution in [1.29, 1.82) is 0 Å². The van der Waals surface area contributed by atoms with Crippen molar-refractivity contribution in [2.45, 2.75) is 19.1 Å². The van der Waals surface area contributed by atoms with Crippen molar-refractivity contribution < 1.29 is 24.6 Å². The van der Waals surface area contributed by atoms with Gasteiger partial charge in [-0.1, -0.05) is 30.3 Å². The van der Waals surface area contributed by atoms with Crippen LogP contribution in [0.1, 0.15) is 12.0 Å². The number of nitrogens with two attached hydrogens (primary N) is 1. The van der Waals surface area contributed by atoms with Gasteiger partial charge in [-0.15, -0.1) is 5.17 Å². The Morgan fingerprint density at radius 1 is 1.28 bits per heavy atom. The van der Waals surface area contributed by atoms with Gasteiger partial charge in [0.2, 0.25) is 0 Å². The number of hydrazine groups is 1. The molecule has 0 saturated carbocycles. The van der Waals surface area contributed by atoms with Crippen LogP contribution < -0.4 is 5.84 Å². The molecule has 0 aromatic heterocycles. The molecule has 1 rings (SSSR count). The van der Waals surface area contributed by atoms with Crippen LogP contribution >= 0.6 is 0 Å². The highest BCUT2D eigenvalue weighted by Gasteiger charge is 2.27. The molecule has 0 aliphatic heterocycles. The van der Waals surface area contributed by atoms with Crippen LogP contribution in [0.2, 0.25) is 0 Å². The Balaban J connectivity index is 2.54. The molecule has 0 heterocycles. The number of aliphatic carboxylic acids is 2. The fraction of sp³-hybridized carbons (Fsp3) is 0.273. The molecule has 0 saturated heterocycles. The first-order chi connectivity index (χ1) is 8.50. The number of nitrogens with zero attached hydrogens (tertiary/aromatic N) is 1. The Labute approximate surface area is 103 Å². The van der Waals surface area contributed by atoms with E-state index in [-0.39, 0.29) is 6.61 Å². The lowest BCUT2D eigenvalue weighted by atomic mass is 10.2. The molecule has 1 aromatic carbocycles. The van der Waals surface area contributed by atoms with Gasteiger partial charge in [-0.25, -0.2) is 5.84 Å². The van der Waals surface area contributed by atoms with Gasteiger partial charge in [0.1, 0.15) is 0 Å². The zero-order valence-electron chi connectivity index (χ0n) is 9.52. The normalized spacial score (nSPS) is 12.3. The summed E-state index contributed by atoms with van der Waals surface area (Å²) >= 11 is 0. The standard InChI is InChI=1S/C11H14N2O5/c12-13(9(11(16)17)6-10(14)15)18-7-8-4-2-1-3-5-8/h1-5,9H,6-7,12H2,(H,14,15)(H,16,17)/t9-/m0/s1. The van der Waals surface area contributed by atoms with Gasteiger partial charge in [-0.05, 0) is 5.56 Å². The SMILES string of the molecule is NN(OCc1ccccc1)[C@@H](CC(=O)O)C(=O)O. The van der Waals surface area contributed by atoms with Crippen molar-refractivity contribution in [3.05, 3.63) is 35.9 Å². The summed E-state index contributed by atoms with van der Waals surface area (Å²) in [5, 5.41) is 17.9. The minimum atomic E-state index is -1.42. The molecule has 0 spiro atoms. The van der Waals surface area contributed by atoms with Crippen molar-refractivity contribution in [3.8, 4) is 0 Å². The summed E-state index contributed by atoms with van der Waals surface area (Å²) in [7, 11) is 0. The second kappa shape index (κ2) is 6.70. The third-order valence-electron chi connectivity index (χ3n) is 2.18. The quantitative estimate of drug-likeness (QED) is 0.471. The number of hydroxylamine groups is 1. The predicted molar refractivity (Wildman–Crippen MR) is 60.9 cm³/mol. The highest BCUT2D eigenvalue weighted by molar-refractivity contribution is 5.80. The monoisotopic (exact) mass is 254 g/mol. The molecule has 0 aliphatic rings. The molecule has 0 unspecified atom stereocenters. The zero-order valence-corrected chi connectivity index (χ0v) is 9.52. The highest BCUT2D eigenvalue weighted by Crippen LogP contribution is 2.06. The van der Waals surface area contributed by atoms with E-state index in [2.05, 4.69) is 0 Å². The number of carboxylic acid groups (broad SMARTS) is 2. The second-order valence-corrected chi connectivity index (χ2v) is 3.57. The molecule has 7 heteroatoms. The average molecular weight is 254 g/mol. The van der Waals surface area contributed by atoms with Crippen molar-refractivity contribution in [2.24, 2.45) is 5.84 Å². The van der Waals surface area contributed by atoms with Crippen molar-refractivity contribution in [2.75, 3.05) is 0 Å². The number of benzene rings is 1. The lowest BCUT2D eigenvalue weighted by Crippen LogP contribution is -2.46. The third kappa shape index (κ3) is 4.50. The van der Waals surface area contributed by atoms with Crippen LogP contribution in [0.4, 0.5) is 0 Å². The lowest BCUT2D eigenvalue weighted by molar-refractivity contribution is -0.211. The maximum absolute atomic E-state index is 10.8. The summed E-state index contributed by atoms with van der Waals surface area (Å²) < 4.78 is 0. The number of hydrogen-bond acceptors (Lipinski definition) is 5. The first-order valence-electron chi connectivity index (χ1n) is 5.16. The molecule has 4 N–H and O–H groups in total. The Kier molecular flexibility index (Phi) is 5.25. The van der Waals surface area contributed by atoms with Crippen molar-refractivity contribution in [1.82, 2.24) is 5.17 Å². The summed E-state index contributed by atoms with van der Waals surface area (Å²) in [6, 6.07) is 7.55. The first kappa shape index (κ1) is 14.1. The molecular weight excluding hydrogens is 240 g/mol. The maximum atomic E-state index is 10.8. The molecule has 98 valence electrons. The van der Waals surface area contributed by atoms with Crippen LogP contribution in [0.5, 0.6) is 0 Å². The minimum absolute atomic E-state index is 0.0702. The van der Waals surface area contributed by atoms with Gasteiger partial charge in [0.25, 0.3) is 0 Å². The van der Waals surface area contributed by atoms with Gasteiger partial charge >= 0.3 is 11.9 Å². The molecule has 0 amide bonds. The van der Waals surface area contributed by atoms with Crippen LogP contribution in [0.25, 0.3) is 0 Å². The van der Waals surface area contributed by atoms with E-state index in [0.29, 0.717) is 5.17 Å². The summed E-state index contributed by atoms with van der Waals surface area (Å²) in [6.07, 6.45) is -0.638. The van der Waals surface area contributed by atoms with Gasteiger partial charge in [-0.3, -0.25) is 14.4 Å². The number of hydrogen-bond donors (Lipinski definition) is 3. The van der Waals surface area contributed by atoms with Crippen molar-refractivity contribution >= 4 is 11.9 Å². The van der Waals surface area contributed by atoms with E-state index in [1.807, 2.05) is 6.07 Å². The van der Waals surface area contributed by atoms with Crippen LogP contribution in [0, 0.1) is 0 Å². The molecule has 0 fully saturated rings. The minimum Gasteiger partial charge on any atom is -0.481 e. The number of rotatable bonds is 7. The molecule has 0 aliphatic carbocycles. The smallest absolute Gasteiger partial charge is 0.325 e. The largest absolute Gasteiger partial charge is 0.481 e. The van der Waals surface area contributed by atoms with Crippen LogP contribution in [-0.2, 0) is 21.0 Å². The highest BCUT2D eigenvalue weighted by atomic mass is 16.7. The summed E-state index contributed by atoms with van der Waals surface area (Å²) in [6.45, 7) is 0.0702. The van der Waals surface area contributed by atoms with Gasteiger partial charge in [0.15, 0.2) is 6.04 Å². The van der Waals surface area contributed by atoms with Gasteiger partial charge < -0.3 is 10.2 Å². The van der Waals surface area contributed by atoms with E-state index >= 15 is 0 Å². The van der Waals surface area contributed by atoms with E-state index in [1.165, 1.54) is 0 Å². The summed E-state index contributed by atoms with van der Waals surface area (Å²) in [5.74, 6) is 2.77. The molecule has 18 heavy (non-hydrogen) atoms. The first-order valence-corrected chi connectivity index (χ1v) is 5.16. The van der Waals surface area contributed by atoms with E-state index < -0.39 is 24.4 Å². The molecule has 0 radical (unpaired) electrons. The Morgan fingerprint density at radius 3 is 2.39 bits per heavy atom. The zero-order chi connectivity index (χ0) is 13.5. The Hall–Kier alpha value is -1.96. The number of carboxylic acids is 2. The third-order valence-corrected chi connectivity index (χ3v) is 2.18. The molecule has 1 atom stereocenters. The predicted octanol–water partition coefficient (Wildman–Crippen LogP) is 0.222. The Bertz CT molecular complexity index is 409. The fourth-order valence-electron chi connectivity index (χ4n) is 1.26.